The van der Waals surface area contributed by atoms with Crippen LogP contribution in [0.25, 0.3) is 0 Å². The minimum atomic E-state index is -0.497. The van der Waals surface area contributed by atoms with Gasteiger partial charge in [0.25, 0.3) is 0 Å². The van der Waals surface area contributed by atoms with Gasteiger partial charge in [-0.3, -0.25) is 4.79 Å². The molecule has 1 fully saturated rings. The number of carbonyl (C=O) groups excluding carboxylic acids is 1. The number of nitrogens with zero attached hydrogens (tertiary/aromatic N) is 1. The quantitative estimate of drug-likeness (QED) is 0.882. The number of amides is 1. The Morgan fingerprint density at radius 1 is 1.39 bits per heavy atom. The van der Waals surface area contributed by atoms with Gasteiger partial charge in [0.05, 0.1) is 13.2 Å². The molecule has 1 amide bonds. The van der Waals surface area contributed by atoms with E-state index in [0.717, 1.165) is 12.2 Å². The van der Waals surface area contributed by atoms with Crippen LogP contribution in [-0.2, 0) is 9.53 Å². The van der Waals surface area contributed by atoms with Crippen LogP contribution in [0.4, 0.5) is 5.69 Å². The van der Waals surface area contributed by atoms with Gasteiger partial charge >= 0.3 is 0 Å². The fraction of sp³-hybridized carbons (Fsp3) is 0.500. The zero-order chi connectivity index (χ0) is 13.1. The van der Waals surface area contributed by atoms with Crippen LogP contribution in [0.5, 0.6) is 0 Å². The number of carbonyl (C=O) groups is 1. The molecular weight excluding hydrogens is 228 g/mol. The van der Waals surface area contributed by atoms with Crippen molar-refractivity contribution >= 4 is 11.6 Å². The summed E-state index contributed by atoms with van der Waals surface area (Å²) in [5.41, 5.74) is 7.72. The van der Waals surface area contributed by atoms with Gasteiger partial charge in [-0.2, -0.15) is 0 Å². The van der Waals surface area contributed by atoms with E-state index in [1.165, 1.54) is 5.56 Å². The molecule has 98 valence electrons. The van der Waals surface area contributed by atoms with E-state index in [9.17, 15) is 4.79 Å². The van der Waals surface area contributed by atoms with E-state index in [1.54, 1.807) is 0 Å². The monoisotopic (exact) mass is 248 g/mol. The lowest BCUT2D eigenvalue weighted by atomic mass is 10.0. The van der Waals surface area contributed by atoms with Crippen LogP contribution < -0.4 is 10.6 Å². The second-order valence-corrected chi connectivity index (χ2v) is 4.95. The highest BCUT2D eigenvalue weighted by atomic mass is 16.5. The summed E-state index contributed by atoms with van der Waals surface area (Å²) in [6.07, 6.45) is -0.497. The fourth-order valence-electron chi connectivity index (χ4n) is 2.13. The molecule has 2 rings (SSSR count). The largest absolute Gasteiger partial charge is 0.367 e. The number of anilines is 1. The average Bonchev–Trinajstić information content (AvgIpc) is 2.39. The second-order valence-electron chi connectivity index (χ2n) is 4.95. The van der Waals surface area contributed by atoms with Crippen molar-refractivity contribution < 1.29 is 9.53 Å². The molecule has 2 N–H and O–H groups in total. The van der Waals surface area contributed by atoms with E-state index in [-0.39, 0.29) is 0 Å². The Morgan fingerprint density at radius 3 is 2.61 bits per heavy atom. The molecule has 0 aromatic heterocycles. The van der Waals surface area contributed by atoms with E-state index in [4.69, 9.17) is 10.5 Å². The number of hydrogen-bond acceptors (Lipinski definition) is 3. The zero-order valence-corrected chi connectivity index (χ0v) is 10.9. The first kappa shape index (κ1) is 12.9. The average molecular weight is 248 g/mol. The molecule has 0 saturated carbocycles. The number of morpholine rings is 1. The van der Waals surface area contributed by atoms with Gasteiger partial charge in [-0.15, -0.1) is 0 Å². The Hall–Kier alpha value is -1.55. The van der Waals surface area contributed by atoms with Crippen LogP contribution in [0.15, 0.2) is 24.3 Å². The Bertz CT molecular complexity index is 414. The normalized spacial score (nSPS) is 20.2. The topological polar surface area (TPSA) is 55.6 Å². The lowest BCUT2D eigenvalue weighted by Crippen LogP contribution is -2.48. The van der Waals surface area contributed by atoms with E-state index in [2.05, 4.69) is 43.0 Å². The van der Waals surface area contributed by atoms with Crippen molar-refractivity contribution in [1.29, 1.82) is 0 Å². The summed E-state index contributed by atoms with van der Waals surface area (Å²) in [5, 5.41) is 0. The minimum absolute atomic E-state index is 0.390. The van der Waals surface area contributed by atoms with E-state index in [1.807, 2.05) is 0 Å². The van der Waals surface area contributed by atoms with Crippen molar-refractivity contribution in [3.63, 3.8) is 0 Å². The summed E-state index contributed by atoms with van der Waals surface area (Å²) in [5.74, 6) is 0.139. The van der Waals surface area contributed by atoms with Gasteiger partial charge in [0.2, 0.25) is 5.91 Å². The lowest BCUT2D eigenvalue weighted by molar-refractivity contribution is -0.130. The van der Waals surface area contributed by atoms with Gasteiger partial charge in [-0.25, -0.2) is 0 Å². The summed E-state index contributed by atoms with van der Waals surface area (Å²) >= 11 is 0. The molecule has 0 aliphatic carbocycles. The number of nitrogens with two attached hydrogens (primary N) is 1. The van der Waals surface area contributed by atoms with Crippen molar-refractivity contribution in [3.8, 4) is 0 Å². The van der Waals surface area contributed by atoms with Crippen molar-refractivity contribution in [2.75, 3.05) is 24.6 Å². The fourth-order valence-corrected chi connectivity index (χ4v) is 2.13. The molecule has 1 aliphatic heterocycles. The molecule has 0 spiro atoms. The maximum atomic E-state index is 11.1. The Labute approximate surface area is 108 Å². The molecule has 1 unspecified atom stereocenters. The highest BCUT2D eigenvalue weighted by Gasteiger charge is 2.24. The number of ether oxygens (including phenoxy) is 1. The van der Waals surface area contributed by atoms with E-state index in [0.29, 0.717) is 19.1 Å². The molecule has 1 aromatic carbocycles. The Kier molecular flexibility index (Phi) is 3.87. The van der Waals surface area contributed by atoms with Crippen LogP contribution in [0, 0.1) is 0 Å². The molecule has 4 heteroatoms. The predicted molar refractivity (Wildman–Crippen MR) is 71.7 cm³/mol. The van der Waals surface area contributed by atoms with E-state index < -0.39 is 12.0 Å². The molecule has 1 aromatic rings. The molecule has 4 nitrogen and oxygen atoms in total. The third kappa shape index (κ3) is 2.82. The molecule has 0 radical (unpaired) electrons. The lowest BCUT2D eigenvalue weighted by Gasteiger charge is -2.33. The molecule has 1 aliphatic rings. The van der Waals surface area contributed by atoms with Crippen molar-refractivity contribution in [2.45, 2.75) is 25.9 Å². The number of primary amides is 1. The molecular formula is C14H20N2O2. The summed E-state index contributed by atoms with van der Waals surface area (Å²) in [7, 11) is 0. The van der Waals surface area contributed by atoms with Crippen molar-refractivity contribution in [2.24, 2.45) is 5.73 Å². The number of hydrogen-bond donors (Lipinski definition) is 1. The SMILES string of the molecule is CC(C)c1ccc(N2CCOC(C(N)=O)C2)cc1. The van der Waals surface area contributed by atoms with Crippen LogP contribution in [0.1, 0.15) is 25.3 Å². The first-order valence-corrected chi connectivity index (χ1v) is 6.33. The third-order valence-corrected chi connectivity index (χ3v) is 3.31. The van der Waals surface area contributed by atoms with Crippen molar-refractivity contribution in [1.82, 2.24) is 0 Å². The second kappa shape index (κ2) is 5.40. The van der Waals surface area contributed by atoms with Crippen LogP contribution in [-0.4, -0.2) is 31.7 Å². The predicted octanol–water partition coefficient (Wildman–Crippen LogP) is 1.50. The van der Waals surface area contributed by atoms with Crippen LogP contribution >= 0.6 is 0 Å². The zero-order valence-electron chi connectivity index (χ0n) is 10.9. The summed E-state index contributed by atoms with van der Waals surface area (Å²) in [4.78, 5) is 13.3. The van der Waals surface area contributed by atoms with Gasteiger partial charge in [0.1, 0.15) is 0 Å². The molecule has 1 heterocycles. The smallest absolute Gasteiger partial charge is 0.248 e. The summed E-state index contributed by atoms with van der Waals surface area (Å²) in [6, 6.07) is 8.46. The van der Waals surface area contributed by atoms with Gasteiger partial charge in [0, 0.05) is 12.2 Å². The van der Waals surface area contributed by atoms with E-state index >= 15 is 0 Å². The maximum Gasteiger partial charge on any atom is 0.248 e. The third-order valence-electron chi connectivity index (χ3n) is 3.31. The number of benzene rings is 1. The maximum absolute atomic E-state index is 11.1. The summed E-state index contributed by atoms with van der Waals surface area (Å²) < 4.78 is 5.34. The highest BCUT2D eigenvalue weighted by Crippen LogP contribution is 2.21. The standard InChI is InChI=1S/C14H20N2O2/c1-10(2)11-3-5-12(6-4-11)16-7-8-18-13(9-16)14(15)17/h3-6,10,13H,7-9H2,1-2H3,(H2,15,17). The highest BCUT2D eigenvalue weighted by molar-refractivity contribution is 5.79. The Balaban J connectivity index is 2.09. The first-order chi connectivity index (χ1) is 8.58. The van der Waals surface area contributed by atoms with Gasteiger partial charge < -0.3 is 15.4 Å². The molecule has 1 atom stereocenters. The first-order valence-electron chi connectivity index (χ1n) is 6.33. The molecule has 18 heavy (non-hydrogen) atoms. The van der Waals surface area contributed by atoms with Crippen molar-refractivity contribution in [3.05, 3.63) is 29.8 Å². The number of rotatable bonds is 3. The van der Waals surface area contributed by atoms with Gasteiger partial charge in [-0.05, 0) is 23.6 Å². The minimum Gasteiger partial charge on any atom is -0.367 e. The van der Waals surface area contributed by atoms with Gasteiger partial charge in [0.15, 0.2) is 6.10 Å². The molecule has 1 saturated heterocycles. The van der Waals surface area contributed by atoms with Crippen LogP contribution in [0.3, 0.4) is 0 Å². The summed E-state index contributed by atoms with van der Waals surface area (Å²) in [6.45, 7) is 6.22. The van der Waals surface area contributed by atoms with Gasteiger partial charge in [-0.1, -0.05) is 26.0 Å². The Morgan fingerprint density at radius 2 is 2.06 bits per heavy atom. The van der Waals surface area contributed by atoms with Crippen LogP contribution in [0.2, 0.25) is 0 Å². The molecule has 0 bridgehead atoms.